The van der Waals surface area contributed by atoms with E-state index in [1.165, 1.54) is 6.08 Å². The van der Waals surface area contributed by atoms with Gasteiger partial charge in [-0.3, -0.25) is 4.79 Å². The van der Waals surface area contributed by atoms with Crippen LogP contribution >= 0.6 is 0 Å². The molecule has 50 valence electrons. The lowest BCUT2D eigenvalue weighted by atomic mass is 10.5. The summed E-state index contributed by atoms with van der Waals surface area (Å²) in [7, 11) is 0. The Morgan fingerprint density at radius 2 is 2.56 bits per heavy atom. The van der Waals surface area contributed by atoms with Crippen LogP contribution in [0.4, 0.5) is 0 Å². The van der Waals surface area contributed by atoms with Gasteiger partial charge in [0, 0.05) is 6.92 Å². The van der Waals surface area contributed by atoms with Gasteiger partial charge in [0.2, 0.25) is 5.78 Å². The Morgan fingerprint density at radius 3 is 3.00 bits per heavy atom. The minimum absolute atomic E-state index is 0.0120. The third-order valence-electron chi connectivity index (χ3n) is 0.598. The quantitative estimate of drug-likeness (QED) is 0.313. The molecule has 9 heavy (non-hydrogen) atoms. The van der Waals surface area contributed by atoms with Crippen LogP contribution in [0.1, 0.15) is 8.29 Å². The third kappa shape index (κ3) is 3.46. The van der Waals surface area contributed by atoms with Crippen molar-refractivity contribution in [3.05, 3.63) is 12.6 Å². The lowest BCUT2D eigenvalue weighted by Gasteiger charge is -1.94. The molecular weight excluding hydrogens is 120 g/mol. The summed E-state index contributed by atoms with van der Waals surface area (Å²) in [5.41, 5.74) is 0. The fourth-order valence-electron chi connectivity index (χ4n) is 0.225. The second kappa shape index (κ2) is 3.83. The topological polar surface area (TPSA) is 43.4 Å². The number of hydrogen-bond donors (Lipinski definition) is 0. The molecule has 3 nitrogen and oxygen atoms in total. The number of ketones is 1. The Labute approximate surface area is 54.7 Å². The fraction of sp³-hybridized carbons (Fsp3) is 0.333. The first-order valence-corrected chi connectivity index (χ1v) is 2.39. The van der Waals surface area contributed by atoms with Crippen LogP contribution in [-0.4, -0.2) is 18.4 Å². The van der Waals surface area contributed by atoms with Crippen molar-refractivity contribution in [2.45, 2.75) is 6.92 Å². The van der Waals surface area contributed by atoms with E-state index in [0.717, 1.165) is 13.5 Å². The van der Waals surface area contributed by atoms with Gasteiger partial charge in [0.05, 0.1) is 1.37 Å². The normalized spacial score (nSPS) is 11.0. The molecule has 0 amide bonds. The summed E-state index contributed by atoms with van der Waals surface area (Å²) >= 11 is 0. The summed E-state index contributed by atoms with van der Waals surface area (Å²) in [6, 6.07) is 0. The second-order valence-electron chi connectivity index (χ2n) is 1.39. The van der Waals surface area contributed by atoms with Crippen LogP contribution in [0.2, 0.25) is 0 Å². The SMILES string of the molecule is [2H]/C=C\COC(=O)C(C)=O. The van der Waals surface area contributed by atoms with E-state index in [-0.39, 0.29) is 6.61 Å². The van der Waals surface area contributed by atoms with Crippen LogP contribution in [-0.2, 0) is 14.3 Å². The van der Waals surface area contributed by atoms with E-state index < -0.39 is 11.8 Å². The van der Waals surface area contributed by atoms with Crippen molar-refractivity contribution < 1.29 is 15.7 Å². The summed E-state index contributed by atoms with van der Waals surface area (Å²) in [6.07, 6.45) is 1.32. The van der Waals surface area contributed by atoms with Crippen molar-refractivity contribution in [1.82, 2.24) is 0 Å². The molecule has 0 aromatic heterocycles. The van der Waals surface area contributed by atoms with Crippen molar-refractivity contribution >= 4 is 11.8 Å². The molecule has 0 spiro atoms. The number of Topliss-reactive ketones (excluding diaryl/α,β-unsaturated/α-hetero) is 1. The molecule has 0 aliphatic rings. The molecule has 0 heterocycles. The second-order valence-corrected chi connectivity index (χ2v) is 1.39. The van der Waals surface area contributed by atoms with Crippen LogP contribution in [0.15, 0.2) is 12.6 Å². The minimum atomic E-state index is -0.863. The zero-order valence-electron chi connectivity index (χ0n) is 6.09. The molecule has 0 fully saturated rings. The van der Waals surface area contributed by atoms with Crippen LogP contribution in [0.25, 0.3) is 0 Å². The first-order valence-electron chi connectivity index (χ1n) is 2.97. The highest BCUT2D eigenvalue weighted by Crippen LogP contribution is 1.79. The highest BCUT2D eigenvalue weighted by Gasteiger charge is 2.05. The Hall–Kier alpha value is -1.12. The number of carbonyl (C=O) groups is 2. The number of esters is 1. The van der Waals surface area contributed by atoms with Gasteiger partial charge in [-0.1, -0.05) is 12.6 Å². The Kier molecular flexibility index (Phi) is 2.56. The summed E-state index contributed by atoms with van der Waals surface area (Å²) in [5, 5.41) is 0. The average Bonchev–Trinajstić information content (AvgIpc) is 1.88. The van der Waals surface area contributed by atoms with Crippen LogP contribution < -0.4 is 0 Å². The Balaban J connectivity index is 3.50. The van der Waals surface area contributed by atoms with Crippen molar-refractivity contribution in [2.75, 3.05) is 6.61 Å². The molecule has 0 saturated carbocycles. The van der Waals surface area contributed by atoms with E-state index in [4.69, 9.17) is 1.37 Å². The van der Waals surface area contributed by atoms with Crippen LogP contribution in [0, 0.1) is 0 Å². The third-order valence-corrected chi connectivity index (χ3v) is 0.598. The predicted octanol–water partition coefficient (Wildman–Crippen LogP) is 0.305. The lowest BCUT2D eigenvalue weighted by molar-refractivity contribution is -0.151. The average molecular weight is 129 g/mol. The maximum absolute atomic E-state index is 10.4. The molecule has 0 aliphatic heterocycles. The van der Waals surface area contributed by atoms with Gasteiger partial charge in [-0.05, 0) is 0 Å². The molecule has 0 aliphatic carbocycles. The van der Waals surface area contributed by atoms with Gasteiger partial charge in [0.1, 0.15) is 6.61 Å². The maximum atomic E-state index is 10.4. The summed E-state index contributed by atoms with van der Waals surface area (Å²) < 4.78 is 10.8. The van der Waals surface area contributed by atoms with Crippen LogP contribution in [0.3, 0.4) is 0 Å². The monoisotopic (exact) mass is 129 g/mol. The van der Waals surface area contributed by atoms with E-state index in [2.05, 4.69) is 4.74 Å². The molecular formula is C6H8O3. The molecule has 0 bridgehead atoms. The van der Waals surface area contributed by atoms with Gasteiger partial charge in [-0.25, -0.2) is 4.79 Å². The highest BCUT2D eigenvalue weighted by molar-refractivity contribution is 6.32. The number of hydrogen-bond acceptors (Lipinski definition) is 3. The van der Waals surface area contributed by atoms with Gasteiger partial charge >= 0.3 is 5.97 Å². The van der Waals surface area contributed by atoms with Crippen LogP contribution in [0.5, 0.6) is 0 Å². The molecule has 0 aromatic rings. The predicted molar refractivity (Wildman–Crippen MR) is 31.8 cm³/mol. The molecule has 0 rings (SSSR count). The molecule has 3 heteroatoms. The van der Waals surface area contributed by atoms with E-state index in [0.29, 0.717) is 0 Å². The first kappa shape index (κ1) is 6.01. The van der Waals surface area contributed by atoms with Gasteiger partial charge < -0.3 is 4.74 Å². The van der Waals surface area contributed by atoms with Gasteiger partial charge in [-0.2, -0.15) is 0 Å². The molecule has 0 saturated heterocycles. The minimum Gasteiger partial charge on any atom is -0.456 e. The lowest BCUT2D eigenvalue weighted by Crippen LogP contribution is -2.13. The fourth-order valence-corrected chi connectivity index (χ4v) is 0.225. The summed E-state index contributed by atoms with van der Waals surface area (Å²) in [5.74, 6) is -1.49. The van der Waals surface area contributed by atoms with Gasteiger partial charge in [0.15, 0.2) is 0 Å². The maximum Gasteiger partial charge on any atom is 0.374 e. The van der Waals surface area contributed by atoms with Crippen molar-refractivity contribution in [3.63, 3.8) is 0 Å². The zero-order valence-corrected chi connectivity index (χ0v) is 5.09. The summed E-state index contributed by atoms with van der Waals surface area (Å²) in [6.45, 7) is 2.11. The van der Waals surface area contributed by atoms with E-state index in [1.54, 1.807) is 0 Å². The highest BCUT2D eigenvalue weighted by atomic mass is 16.5. The van der Waals surface area contributed by atoms with Gasteiger partial charge in [-0.15, -0.1) is 0 Å². The Morgan fingerprint density at radius 1 is 1.89 bits per heavy atom. The van der Waals surface area contributed by atoms with E-state index in [1.807, 2.05) is 0 Å². The van der Waals surface area contributed by atoms with Crippen molar-refractivity contribution in [1.29, 1.82) is 0 Å². The molecule has 0 aromatic carbocycles. The molecule has 0 unspecified atom stereocenters. The first-order chi connectivity index (χ1) is 4.68. The molecule has 0 N–H and O–H groups in total. The van der Waals surface area contributed by atoms with Crippen molar-refractivity contribution in [3.8, 4) is 0 Å². The molecule has 0 atom stereocenters. The summed E-state index contributed by atoms with van der Waals surface area (Å²) in [4.78, 5) is 20.5. The number of rotatable bonds is 3. The number of carbonyl (C=O) groups excluding carboxylic acids is 2. The Bertz CT molecular complexity index is 162. The largest absolute Gasteiger partial charge is 0.456 e. The van der Waals surface area contributed by atoms with Gasteiger partial charge in [0.25, 0.3) is 0 Å². The standard InChI is InChI=1S/C6H8O3/c1-3-4-9-6(8)5(2)7/h3H,1,4H2,2H3/i1D/b3-1-. The van der Waals surface area contributed by atoms with E-state index >= 15 is 0 Å². The number of ether oxygens (including phenoxy) is 1. The smallest absolute Gasteiger partial charge is 0.374 e. The van der Waals surface area contributed by atoms with Crippen molar-refractivity contribution in [2.24, 2.45) is 0 Å². The van der Waals surface area contributed by atoms with E-state index in [9.17, 15) is 9.59 Å². The zero-order chi connectivity index (χ0) is 7.98. The molecule has 0 radical (unpaired) electrons.